The standard InChI is InChI=1S/C38H62N4O7/c1-12-24(5)33(41(9)38(47)27(8)40-37(46)29(13-2)23(3)4)31(48-10)22-32(43)42-21-17-20-30(42)35(49-11)25(6)36(45)39-26(7)34(44)28-18-15-14-16-19-28/h13-16,18-19,23-27,29-31,33-35,44H,2,12,17,20-22H2,1,3-11H3,(H,39,45)(H,40,46)/t24-,25+,26+,27-,29-,30-,31+,33-,34+,35+/m0/s1. The molecule has 0 saturated carbocycles. The molecule has 276 valence electrons. The molecule has 1 aliphatic rings. The van der Waals surface area contributed by atoms with Crippen LogP contribution in [-0.4, -0.2) is 103 Å². The second kappa shape index (κ2) is 19.8. The van der Waals surface area contributed by atoms with Crippen molar-refractivity contribution < 1.29 is 33.8 Å². The van der Waals surface area contributed by atoms with E-state index in [1.807, 2.05) is 58.0 Å². The summed E-state index contributed by atoms with van der Waals surface area (Å²) in [6.07, 6.45) is 1.75. The third-order valence-corrected chi connectivity index (χ3v) is 10.2. The van der Waals surface area contributed by atoms with Crippen LogP contribution in [0.15, 0.2) is 43.0 Å². The summed E-state index contributed by atoms with van der Waals surface area (Å²) in [6.45, 7) is 17.4. The van der Waals surface area contributed by atoms with Gasteiger partial charge in [0.2, 0.25) is 23.6 Å². The first kappa shape index (κ1) is 41.9. The lowest BCUT2D eigenvalue weighted by Crippen LogP contribution is -2.56. The number of nitrogens with zero attached hydrogens (tertiary/aromatic N) is 2. The van der Waals surface area contributed by atoms with E-state index in [0.29, 0.717) is 18.5 Å². The monoisotopic (exact) mass is 686 g/mol. The van der Waals surface area contributed by atoms with Gasteiger partial charge in [-0.05, 0) is 44.1 Å². The third-order valence-electron chi connectivity index (χ3n) is 10.2. The molecule has 11 nitrogen and oxygen atoms in total. The summed E-state index contributed by atoms with van der Waals surface area (Å²) >= 11 is 0. The molecule has 1 saturated heterocycles. The van der Waals surface area contributed by atoms with Crippen molar-refractivity contribution in [3.8, 4) is 0 Å². The molecule has 0 radical (unpaired) electrons. The van der Waals surface area contributed by atoms with Crippen LogP contribution in [0.1, 0.15) is 85.8 Å². The van der Waals surface area contributed by atoms with E-state index in [-0.39, 0.29) is 47.9 Å². The van der Waals surface area contributed by atoms with Gasteiger partial charge in [-0.25, -0.2) is 0 Å². The highest BCUT2D eigenvalue weighted by atomic mass is 16.5. The summed E-state index contributed by atoms with van der Waals surface area (Å²) in [4.78, 5) is 57.3. The number of hydrogen-bond donors (Lipinski definition) is 3. The van der Waals surface area contributed by atoms with Crippen LogP contribution in [0.25, 0.3) is 0 Å². The van der Waals surface area contributed by atoms with E-state index in [1.165, 1.54) is 0 Å². The van der Waals surface area contributed by atoms with Gasteiger partial charge in [-0.3, -0.25) is 19.2 Å². The number of carbonyl (C=O) groups is 4. The van der Waals surface area contributed by atoms with Gasteiger partial charge in [-0.15, -0.1) is 6.58 Å². The van der Waals surface area contributed by atoms with Crippen molar-refractivity contribution in [3.05, 3.63) is 48.6 Å². The zero-order valence-corrected chi connectivity index (χ0v) is 31.3. The maximum atomic E-state index is 14.0. The van der Waals surface area contributed by atoms with Crippen molar-refractivity contribution >= 4 is 23.6 Å². The lowest BCUT2D eigenvalue weighted by molar-refractivity contribution is -0.147. The zero-order chi connectivity index (χ0) is 37.0. The second-order valence-corrected chi connectivity index (χ2v) is 14.0. The third kappa shape index (κ3) is 10.9. The summed E-state index contributed by atoms with van der Waals surface area (Å²) < 4.78 is 11.8. The smallest absolute Gasteiger partial charge is 0.244 e. The first-order valence-electron chi connectivity index (χ1n) is 17.7. The lowest BCUT2D eigenvalue weighted by Gasteiger charge is -2.40. The Morgan fingerprint density at radius 3 is 2.18 bits per heavy atom. The fourth-order valence-electron chi connectivity index (χ4n) is 7.04. The predicted molar refractivity (Wildman–Crippen MR) is 191 cm³/mol. The Morgan fingerprint density at radius 1 is 1.02 bits per heavy atom. The zero-order valence-electron chi connectivity index (χ0n) is 31.3. The van der Waals surface area contributed by atoms with Crippen molar-refractivity contribution in [3.63, 3.8) is 0 Å². The van der Waals surface area contributed by atoms with Crippen LogP contribution < -0.4 is 10.6 Å². The lowest BCUT2D eigenvalue weighted by atomic mass is 9.90. The Balaban J connectivity index is 2.18. The van der Waals surface area contributed by atoms with Gasteiger partial charge < -0.3 is 35.0 Å². The Bertz CT molecular complexity index is 1230. The molecule has 1 fully saturated rings. The molecule has 0 aliphatic carbocycles. The number of ether oxygens (including phenoxy) is 2. The van der Waals surface area contributed by atoms with E-state index in [0.717, 1.165) is 12.8 Å². The van der Waals surface area contributed by atoms with Crippen molar-refractivity contribution in [2.24, 2.45) is 23.7 Å². The number of rotatable bonds is 19. The number of amides is 4. The SMILES string of the molecule is C=C[C@H](C(=O)N[C@@H](C)C(=O)N(C)[C@@H]([C@@H](C)CC)[C@@H](CC(=O)N1CCC[C@H]1[C@H](OC)[C@@H](C)C(=O)N[C@H](C)[C@@H](O)c1ccccc1)OC)C(C)C. The largest absolute Gasteiger partial charge is 0.386 e. The first-order valence-corrected chi connectivity index (χ1v) is 17.7. The van der Waals surface area contributed by atoms with Gasteiger partial charge in [0.1, 0.15) is 6.04 Å². The molecule has 2 rings (SSSR count). The number of benzene rings is 1. The molecule has 1 aromatic rings. The summed E-state index contributed by atoms with van der Waals surface area (Å²) in [7, 11) is 4.79. The number of methoxy groups -OCH3 is 2. The van der Waals surface area contributed by atoms with Crippen molar-refractivity contribution in [2.75, 3.05) is 27.8 Å². The van der Waals surface area contributed by atoms with Crippen molar-refractivity contribution in [2.45, 2.75) is 117 Å². The normalized spacial score (nSPS) is 20.2. The molecule has 0 bridgehead atoms. The minimum Gasteiger partial charge on any atom is -0.386 e. The van der Waals surface area contributed by atoms with E-state index in [9.17, 15) is 24.3 Å². The molecular weight excluding hydrogens is 624 g/mol. The maximum Gasteiger partial charge on any atom is 0.244 e. The maximum absolute atomic E-state index is 14.0. The molecule has 1 aliphatic heterocycles. The van der Waals surface area contributed by atoms with Gasteiger partial charge in [-0.2, -0.15) is 0 Å². The second-order valence-electron chi connectivity index (χ2n) is 14.0. The van der Waals surface area contributed by atoms with Gasteiger partial charge >= 0.3 is 0 Å². The first-order chi connectivity index (χ1) is 23.1. The fourth-order valence-corrected chi connectivity index (χ4v) is 7.04. The van der Waals surface area contributed by atoms with E-state index < -0.39 is 48.3 Å². The summed E-state index contributed by atoms with van der Waals surface area (Å²) in [5.74, 6) is -1.93. The predicted octanol–water partition coefficient (Wildman–Crippen LogP) is 4.11. The molecule has 0 aromatic heterocycles. The highest BCUT2D eigenvalue weighted by Gasteiger charge is 2.42. The van der Waals surface area contributed by atoms with Crippen LogP contribution in [0.2, 0.25) is 0 Å². The van der Waals surface area contributed by atoms with Crippen LogP contribution in [0.5, 0.6) is 0 Å². The van der Waals surface area contributed by atoms with Crippen molar-refractivity contribution in [1.29, 1.82) is 0 Å². The van der Waals surface area contributed by atoms with Crippen LogP contribution in [0, 0.1) is 23.7 Å². The van der Waals surface area contributed by atoms with Gasteiger partial charge in [0.25, 0.3) is 0 Å². The highest BCUT2D eigenvalue weighted by Crippen LogP contribution is 2.30. The van der Waals surface area contributed by atoms with E-state index in [4.69, 9.17) is 9.47 Å². The van der Waals surface area contributed by atoms with Gasteiger partial charge in [0, 0.05) is 27.8 Å². The van der Waals surface area contributed by atoms with E-state index in [2.05, 4.69) is 17.2 Å². The van der Waals surface area contributed by atoms with Crippen LogP contribution in [0.4, 0.5) is 0 Å². The van der Waals surface area contributed by atoms with E-state index in [1.54, 1.807) is 57.9 Å². The summed E-state index contributed by atoms with van der Waals surface area (Å²) in [6, 6.07) is 7.08. The van der Waals surface area contributed by atoms with Crippen molar-refractivity contribution in [1.82, 2.24) is 20.4 Å². The fraction of sp³-hybridized carbons (Fsp3) is 0.684. The van der Waals surface area contributed by atoms with Crippen LogP contribution in [0.3, 0.4) is 0 Å². The average molecular weight is 687 g/mol. The van der Waals surface area contributed by atoms with Gasteiger partial charge in [0.15, 0.2) is 0 Å². The molecule has 1 heterocycles. The minimum atomic E-state index is -0.874. The molecule has 3 N–H and O–H groups in total. The molecule has 11 heteroatoms. The number of aliphatic hydroxyl groups excluding tert-OH is 1. The quantitative estimate of drug-likeness (QED) is 0.186. The number of likely N-dealkylation sites (tertiary alicyclic amines) is 1. The number of hydrogen-bond acceptors (Lipinski definition) is 7. The average Bonchev–Trinajstić information content (AvgIpc) is 3.57. The Labute approximate surface area is 294 Å². The number of likely N-dealkylation sites (N-methyl/N-ethyl adjacent to an activating group) is 1. The number of aliphatic hydroxyl groups is 1. The van der Waals surface area contributed by atoms with Gasteiger partial charge in [-0.1, -0.05) is 77.4 Å². The molecule has 1 aromatic carbocycles. The molecule has 0 spiro atoms. The van der Waals surface area contributed by atoms with E-state index >= 15 is 0 Å². The van der Waals surface area contributed by atoms with Crippen LogP contribution >= 0.6 is 0 Å². The highest BCUT2D eigenvalue weighted by molar-refractivity contribution is 5.89. The van der Waals surface area contributed by atoms with Crippen LogP contribution in [-0.2, 0) is 28.7 Å². The molecular formula is C38H62N4O7. The number of carbonyl (C=O) groups excluding carboxylic acids is 4. The Kier molecular flexibility index (Phi) is 16.9. The Morgan fingerprint density at radius 2 is 1.65 bits per heavy atom. The molecule has 0 unspecified atom stereocenters. The molecule has 49 heavy (non-hydrogen) atoms. The minimum absolute atomic E-state index is 0.00997. The summed E-state index contributed by atoms with van der Waals surface area (Å²) in [5, 5.41) is 16.6. The molecule has 4 amide bonds. The van der Waals surface area contributed by atoms with Gasteiger partial charge in [0.05, 0.1) is 54.7 Å². The Hall–Kier alpha value is -3.28. The topological polar surface area (TPSA) is 138 Å². The molecule has 10 atom stereocenters. The summed E-state index contributed by atoms with van der Waals surface area (Å²) in [5.41, 5.74) is 0.709. The number of nitrogens with one attached hydrogen (secondary N) is 2.